The van der Waals surface area contributed by atoms with Crippen LogP contribution >= 0.6 is 0 Å². The van der Waals surface area contributed by atoms with Crippen LogP contribution in [0, 0.1) is 0 Å². The standard InChI is InChI=1S/C10H14N2O2/c1-3-9(13)8-7-11-5-6-12(8)10(14)4-2/h3-4,8,11H,1-2,5-7H2. The zero-order chi connectivity index (χ0) is 10.6. The van der Waals surface area contributed by atoms with Gasteiger partial charge < -0.3 is 10.2 Å². The minimum Gasteiger partial charge on any atom is -0.326 e. The largest absolute Gasteiger partial charge is 0.326 e. The Morgan fingerprint density at radius 1 is 1.36 bits per heavy atom. The molecule has 0 saturated carbocycles. The molecule has 1 atom stereocenters. The predicted octanol–water partition coefficient (Wildman–Crippen LogP) is -0.272. The summed E-state index contributed by atoms with van der Waals surface area (Å²) in [6.45, 7) is 8.56. The Hall–Kier alpha value is -1.42. The van der Waals surface area contributed by atoms with Crippen LogP contribution in [0.5, 0.6) is 0 Å². The Bertz CT molecular complexity index is 245. The van der Waals surface area contributed by atoms with E-state index in [0.29, 0.717) is 19.6 Å². The van der Waals surface area contributed by atoms with E-state index in [0.717, 1.165) is 0 Å². The molecular weight excluding hydrogens is 180 g/mol. The number of hydrogen-bond acceptors (Lipinski definition) is 3. The number of nitrogens with zero attached hydrogens (tertiary/aromatic N) is 1. The van der Waals surface area contributed by atoms with E-state index in [-0.39, 0.29) is 11.7 Å². The van der Waals surface area contributed by atoms with Crippen LogP contribution in [-0.2, 0) is 9.59 Å². The highest BCUT2D eigenvalue weighted by Crippen LogP contribution is 2.05. The van der Waals surface area contributed by atoms with Crippen molar-refractivity contribution in [3.8, 4) is 0 Å². The molecule has 4 heteroatoms. The third-order valence-electron chi connectivity index (χ3n) is 2.23. The maximum Gasteiger partial charge on any atom is 0.246 e. The van der Waals surface area contributed by atoms with Gasteiger partial charge in [-0.05, 0) is 12.2 Å². The molecule has 1 aliphatic rings. The van der Waals surface area contributed by atoms with Crippen LogP contribution in [0.25, 0.3) is 0 Å². The van der Waals surface area contributed by atoms with Crippen LogP contribution in [0.15, 0.2) is 25.3 Å². The normalized spacial score (nSPS) is 21.4. The molecule has 0 aromatic heterocycles. The van der Waals surface area contributed by atoms with Crippen molar-refractivity contribution < 1.29 is 9.59 Å². The summed E-state index contributed by atoms with van der Waals surface area (Å²) in [7, 11) is 0. The molecule has 14 heavy (non-hydrogen) atoms. The topological polar surface area (TPSA) is 49.4 Å². The van der Waals surface area contributed by atoms with Crippen molar-refractivity contribution in [1.82, 2.24) is 10.2 Å². The van der Waals surface area contributed by atoms with Crippen LogP contribution < -0.4 is 5.32 Å². The van der Waals surface area contributed by atoms with Crippen LogP contribution in [0.4, 0.5) is 0 Å². The fourth-order valence-corrected chi connectivity index (χ4v) is 1.48. The van der Waals surface area contributed by atoms with Crippen LogP contribution in [0.3, 0.4) is 0 Å². The van der Waals surface area contributed by atoms with E-state index >= 15 is 0 Å². The average molecular weight is 194 g/mol. The zero-order valence-corrected chi connectivity index (χ0v) is 8.03. The molecule has 0 radical (unpaired) electrons. The molecule has 1 saturated heterocycles. The Morgan fingerprint density at radius 2 is 2.07 bits per heavy atom. The molecule has 1 amide bonds. The molecule has 0 spiro atoms. The van der Waals surface area contributed by atoms with Crippen LogP contribution in [0.1, 0.15) is 0 Å². The van der Waals surface area contributed by atoms with Crippen molar-refractivity contribution in [3.63, 3.8) is 0 Å². The lowest BCUT2D eigenvalue weighted by molar-refractivity contribution is -0.135. The molecule has 0 aromatic rings. The first-order valence-corrected chi connectivity index (χ1v) is 4.50. The molecule has 0 aromatic carbocycles. The number of carbonyl (C=O) groups is 2. The fraction of sp³-hybridized carbons (Fsp3) is 0.400. The van der Waals surface area contributed by atoms with Gasteiger partial charge in [-0.1, -0.05) is 13.2 Å². The van der Waals surface area contributed by atoms with Crippen molar-refractivity contribution >= 4 is 11.7 Å². The Kier molecular flexibility index (Phi) is 3.59. The first-order valence-electron chi connectivity index (χ1n) is 4.50. The van der Waals surface area contributed by atoms with Gasteiger partial charge in [0.05, 0.1) is 0 Å². The number of nitrogens with one attached hydrogen (secondary N) is 1. The van der Waals surface area contributed by atoms with Gasteiger partial charge >= 0.3 is 0 Å². The van der Waals surface area contributed by atoms with Crippen molar-refractivity contribution in [1.29, 1.82) is 0 Å². The lowest BCUT2D eigenvalue weighted by atomic mass is 10.1. The third kappa shape index (κ3) is 2.09. The molecular formula is C10H14N2O2. The molecule has 1 aliphatic heterocycles. The first kappa shape index (κ1) is 10.7. The first-order chi connectivity index (χ1) is 6.70. The summed E-state index contributed by atoms with van der Waals surface area (Å²) in [5.74, 6) is -0.334. The second kappa shape index (κ2) is 4.72. The SMILES string of the molecule is C=CC(=O)C1CNCCN1C(=O)C=C. The van der Waals surface area contributed by atoms with Crippen molar-refractivity contribution in [2.45, 2.75) is 6.04 Å². The van der Waals surface area contributed by atoms with Gasteiger partial charge in [-0.15, -0.1) is 0 Å². The molecule has 1 heterocycles. The second-order valence-corrected chi connectivity index (χ2v) is 3.06. The molecule has 1 fully saturated rings. The van der Waals surface area contributed by atoms with E-state index in [1.807, 2.05) is 0 Å². The van der Waals surface area contributed by atoms with Crippen molar-refractivity contribution in [3.05, 3.63) is 25.3 Å². The highest BCUT2D eigenvalue weighted by atomic mass is 16.2. The van der Waals surface area contributed by atoms with E-state index in [1.54, 1.807) is 0 Å². The maximum atomic E-state index is 11.4. The van der Waals surface area contributed by atoms with Gasteiger partial charge in [-0.3, -0.25) is 9.59 Å². The van der Waals surface area contributed by atoms with Gasteiger partial charge in [-0.25, -0.2) is 0 Å². The summed E-state index contributed by atoms with van der Waals surface area (Å²) < 4.78 is 0. The summed E-state index contributed by atoms with van der Waals surface area (Å²) in [6.07, 6.45) is 2.48. The number of hydrogen-bond donors (Lipinski definition) is 1. The van der Waals surface area contributed by atoms with Crippen LogP contribution in [-0.4, -0.2) is 42.3 Å². The van der Waals surface area contributed by atoms with E-state index in [9.17, 15) is 9.59 Å². The quantitative estimate of drug-likeness (QED) is 0.629. The number of carbonyl (C=O) groups excluding carboxylic acids is 2. The van der Waals surface area contributed by atoms with E-state index in [2.05, 4.69) is 18.5 Å². The molecule has 0 bridgehead atoms. The van der Waals surface area contributed by atoms with Gasteiger partial charge in [0.1, 0.15) is 6.04 Å². The minimum absolute atomic E-state index is 0.132. The Morgan fingerprint density at radius 3 is 2.64 bits per heavy atom. The lowest BCUT2D eigenvalue weighted by Gasteiger charge is -2.33. The van der Waals surface area contributed by atoms with Crippen LogP contribution in [0.2, 0.25) is 0 Å². The molecule has 1 unspecified atom stereocenters. The average Bonchev–Trinajstić information content (AvgIpc) is 2.27. The Balaban J connectivity index is 2.77. The molecule has 1 rings (SSSR count). The number of rotatable bonds is 3. The van der Waals surface area contributed by atoms with E-state index in [4.69, 9.17) is 0 Å². The maximum absolute atomic E-state index is 11.4. The summed E-state index contributed by atoms with van der Waals surface area (Å²) >= 11 is 0. The van der Waals surface area contributed by atoms with Gasteiger partial charge in [0.2, 0.25) is 5.91 Å². The predicted molar refractivity (Wildman–Crippen MR) is 53.8 cm³/mol. The summed E-state index contributed by atoms with van der Waals surface area (Å²) in [5.41, 5.74) is 0. The van der Waals surface area contributed by atoms with E-state index < -0.39 is 6.04 Å². The van der Waals surface area contributed by atoms with Gasteiger partial charge in [-0.2, -0.15) is 0 Å². The summed E-state index contributed by atoms with van der Waals surface area (Å²) in [5, 5.41) is 3.06. The third-order valence-corrected chi connectivity index (χ3v) is 2.23. The molecule has 0 aliphatic carbocycles. The second-order valence-electron chi connectivity index (χ2n) is 3.06. The van der Waals surface area contributed by atoms with Gasteiger partial charge in [0, 0.05) is 19.6 Å². The summed E-state index contributed by atoms with van der Waals surface area (Å²) in [4.78, 5) is 24.3. The smallest absolute Gasteiger partial charge is 0.246 e. The lowest BCUT2D eigenvalue weighted by Crippen LogP contribution is -2.56. The minimum atomic E-state index is -0.424. The van der Waals surface area contributed by atoms with E-state index in [1.165, 1.54) is 17.1 Å². The fourth-order valence-electron chi connectivity index (χ4n) is 1.48. The zero-order valence-electron chi connectivity index (χ0n) is 8.03. The Labute approximate surface area is 83.3 Å². The molecule has 1 N–H and O–H groups in total. The highest BCUT2D eigenvalue weighted by Gasteiger charge is 2.28. The molecule has 4 nitrogen and oxygen atoms in total. The number of piperazine rings is 1. The van der Waals surface area contributed by atoms with Gasteiger partial charge in [0.15, 0.2) is 5.78 Å². The van der Waals surface area contributed by atoms with Crippen molar-refractivity contribution in [2.24, 2.45) is 0 Å². The number of ketones is 1. The monoisotopic (exact) mass is 194 g/mol. The number of amides is 1. The summed E-state index contributed by atoms with van der Waals surface area (Å²) in [6, 6.07) is -0.424. The highest BCUT2D eigenvalue weighted by molar-refractivity contribution is 5.98. The van der Waals surface area contributed by atoms with Crippen molar-refractivity contribution in [2.75, 3.05) is 19.6 Å². The van der Waals surface area contributed by atoms with Gasteiger partial charge in [0.25, 0.3) is 0 Å². The molecule has 76 valence electrons.